The first-order valence-corrected chi connectivity index (χ1v) is 7.76. The van der Waals surface area contributed by atoms with Gasteiger partial charge in [-0.05, 0) is 31.4 Å². The van der Waals surface area contributed by atoms with Crippen molar-refractivity contribution in [2.45, 2.75) is 32.4 Å². The predicted octanol–water partition coefficient (Wildman–Crippen LogP) is 1.97. The van der Waals surface area contributed by atoms with Gasteiger partial charge >= 0.3 is 0 Å². The first-order chi connectivity index (χ1) is 10.5. The molecule has 2 atom stereocenters. The summed E-state index contributed by atoms with van der Waals surface area (Å²) in [5.41, 5.74) is 6.19. The molecule has 5 nitrogen and oxygen atoms in total. The summed E-state index contributed by atoms with van der Waals surface area (Å²) in [6.07, 6.45) is 1.52. The molecule has 22 heavy (non-hydrogen) atoms. The molecule has 1 aromatic rings. The topological polar surface area (TPSA) is 72.6 Å². The molecule has 0 saturated carbocycles. The van der Waals surface area contributed by atoms with E-state index in [-0.39, 0.29) is 37.0 Å². The molecular weight excluding hydrogens is 304 g/mol. The molecular formula is C16H21ClN2O3. The Morgan fingerprint density at radius 1 is 1.36 bits per heavy atom. The minimum Gasteiger partial charge on any atom is -0.369 e. The summed E-state index contributed by atoms with van der Waals surface area (Å²) in [7, 11) is 0. The van der Waals surface area contributed by atoms with E-state index in [1.807, 2.05) is 25.1 Å². The first kappa shape index (κ1) is 16.8. The Morgan fingerprint density at radius 3 is 2.77 bits per heavy atom. The van der Waals surface area contributed by atoms with Gasteiger partial charge in [0.15, 0.2) is 0 Å². The van der Waals surface area contributed by atoms with Crippen molar-refractivity contribution in [1.82, 2.24) is 4.90 Å². The van der Waals surface area contributed by atoms with Crippen molar-refractivity contribution in [2.24, 2.45) is 11.7 Å². The summed E-state index contributed by atoms with van der Waals surface area (Å²) in [5.74, 6) is -0.726. The maximum Gasteiger partial charge on any atom is 0.248 e. The molecule has 0 unspecified atom stereocenters. The summed E-state index contributed by atoms with van der Waals surface area (Å²) < 4.78 is 5.47. The molecule has 0 spiro atoms. The Balaban J connectivity index is 1.86. The molecule has 0 radical (unpaired) electrons. The number of benzene rings is 1. The van der Waals surface area contributed by atoms with Crippen LogP contribution in [0.5, 0.6) is 0 Å². The number of rotatable bonds is 5. The van der Waals surface area contributed by atoms with Crippen LogP contribution in [0, 0.1) is 5.92 Å². The highest BCUT2D eigenvalue weighted by molar-refractivity contribution is 6.31. The molecule has 120 valence electrons. The van der Waals surface area contributed by atoms with Crippen LogP contribution in [0.1, 0.15) is 25.3 Å². The van der Waals surface area contributed by atoms with Crippen LogP contribution in [0.4, 0.5) is 0 Å². The number of primary amides is 1. The lowest BCUT2D eigenvalue weighted by molar-refractivity contribution is -0.142. The quantitative estimate of drug-likeness (QED) is 0.900. The van der Waals surface area contributed by atoms with Crippen molar-refractivity contribution in [2.75, 3.05) is 13.2 Å². The number of hydrogen-bond donors (Lipinski definition) is 1. The Bertz CT molecular complexity index is 550. The largest absolute Gasteiger partial charge is 0.369 e. The van der Waals surface area contributed by atoms with E-state index in [0.29, 0.717) is 11.6 Å². The van der Waals surface area contributed by atoms with Crippen molar-refractivity contribution >= 4 is 23.4 Å². The van der Waals surface area contributed by atoms with Gasteiger partial charge in [-0.2, -0.15) is 0 Å². The monoisotopic (exact) mass is 324 g/mol. The molecule has 1 heterocycles. The fraction of sp³-hybridized carbons (Fsp3) is 0.500. The minimum absolute atomic E-state index is 0.0267. The molecule has 2 amide bonds. The number of nitrogens with zero attached hydrogens (tertiary/aromatic N) is 1. The Hall–Kier alpha value is -1.59. The predicted molar refractivity (Wildman–Crippen MR) is 84.2 cm³/mol. The van der Waals surface area contributed by atoms with Gasteiger partial charge in [-0.3, -0.25) is 9.59 Å². The van der Waals surface area contributed by atoms with Crippen LogP contribution >= 0.6 is 11.6 Å². The number of ether oxygens (including phenoxy) is 1. The van der Waals surface area contributed by atoms with E-state index in [2.05, 4.69) is 0 Å². The lowest BCUT2D eigenvalue weighted by Gasteiger charge is -2.36. The van der Waals surface area contributed by atoms with Gasteiger partial charge in [0.2, 0.25) is 11.8 Å². The summed E-state index contributed by atoms with van der Waals surface area (Å²) in [4.78, 5) is 25.3. The maximum absolute atomic E-state index is 12.3. The highest BCUT2D eigenvalue weighted by atomic mass is 35.5. The second-order valence-corrected chi connectivity index (χ2v) is 6.06. The molecule has 1 fully saturated rings. The van der Waals surface area contributed by atoms with Crippen LogP contribution in [0.2, 0.25) is 5.02 Å². The van der Waals surface area contributed by atoms with Gasteiger partial charge in [-0.25, -0.2) is 0 Å². The Labute approximate surface area is 135 Å². The molecule has 6 heteroatoms. The number of hydrogen-bond acceptors (Lipinski definition) is 3. The van der Waals surface area contributed by atoms with E-state index in [9.17, 15) is 9.59 Å². The third kappa shape index (κ3) is 4.21. The number of amides is 2. The highest BCUT2D eigenvalue weighted by Gasteiger charge is 2.31. The van der Waals surface area contributed by atoms with Gasteiger partial charge in [-0.1, -0.05) is 29.8 Å². The van der Waals surface area contributed by atoms with Crippen LogP contribution in [-0.2, 0) is 20.9 Å². The zero-order valence-electron chi connectivity index (χ0n) is 12.6. The fourth-order valence-electron chi connectivity index (χ4n) is 2.63. The number of piperidine rings is 1. The molecule has 0 aliphatic carbocycles. The number of halogens is 1. The zero-order chi connectivity index (χ0) is 16.1. The van der Waals surface area contributed by atoms with Crippen LogP contribution in [0.3, 0.4) is 0 Å². The van der Waals surface area contributed by atoms with Crippen molar-refractivity contribution in [3.8, 4) is 0 Å². The summed E-state index contributed by atoms with van der Waals surface area (Å²) in [5, 5.41) is 0.620. The van der Waals surface area contributed by atoms with E-state index in [0.717, 1.165) is 18.4 Å². The Kier molecular flexibility index (Phi) is 5.80. The lowest BCUT2D eigenvalue weighted by atomic mass is 9.93. The third-order valence-electron chi connectivity index (χ3n) is 4.05. The number of nitrogens with two attached hydrogens (primary N) is 1. The van der Waals surface area contributed by atoms with Gasteiger partial charge < -0.3 is 15.4 Å². The van der Waals surface area contributed by atoms with Gasteiger partial charge in [0, 0.05) is 17.6 Å². The summed E-state index contributed by atoms with van der Waals surface area (Å²) in [6, 6.07) is 7.46. The minimum atomic E-state index is -0.346. The third-order valence-corrected chi connectivity index (χ3v) is 4.41. The second kappa shape index (κ2) is 7.61. The van der Waals surface area contributed by atoms with Crippen LogP contribution in [0.15, 0.2) is 24.3 Å². The maximum atomic E-state index is 12.3. The van der Waals surface area contributed by atoms with E-state index in [4.69, 9.17) is 22.1 Å². The molecule has 2 N–H and O–H groups in total. The lowest BCUT2D eigenvalue weighted by Crippen LogP contribution is -2.49. The van der Waals surface area contributed by atoms with Gasteiger partial charge in [0.25, 0.3) is 0 Å². The molecule has 1 aliphatic heterocycles. The molecule has 1 aliphatic rings. The SMILES string of the molecule is C[C@H]1CC[C@@H](C(N)=O)CN1C(=O)COCc1ccccc1Cl. The summed E-state index contributed by atoms with van der Waals surface area (Å²) >= 11 is 6.04. The summed E-state index contributed by atoms with van der Waals surface area (Å²) in [6.45, 7) is 2.61. The molecule has 0 aromatic heterocycles. The van der Waals surface area contributed by atoms with Crippen LogP contribution in [0.25, 0.3) is 0 Å². The van der Waals surface area contributed by atoms with Crippen molar-refractivity contribution in [1.29, 1.82) is 0 Å². The van der Waals surface area contributed by atoms with Crippen molar-refractivity contribution < 1.29 is 14.3 Å². The average Bonchev–Trinajstić information content (AvgIpc) is 2.49. The van der Waals surface area contributed by atoms with Gasteiger partial charge in [-0.15, -0.1) is 0 Å². The first-order valence-electron chi connectivity index (χ1n) is 7.39. The number of carbonyl (C=O) groups excluding carboxylic acids is 2. The Morgan fingerprint density at radius 2 is 2.09 bits per heavy atom. The van der Waals surface area contributed by atoms with Crippen LogP contribution in [-0.4, -0.2) is 35.9 Å². The zero-order valence-corrected chi connectivity index (χ0v) is 13.4. The fourth-order valence-corrected chi connectivity index (χ4v) is 2.82. The average molecular weight is 325 g/mol. The second-order valence-electron chi connectivity index (χ2n) is 5.66. The normalized spacial score (nSPS) is 21.6. The molecule has 2 rings (SSSR count). The van der Waals surface area contributed by atoms with Gasteiger partial charge in [0.1, 0.15) is 6.61 Å². The van der Waals surface area contributed by atoms with E-state index >= 15 is 0 Å². The van der Waals surface area contributed by atoms with E-state index < -0.39 is 0 Å². The van der Waals surface area contributed by atoms with Gasteiger partial charge in [0.05, 0.1) is 12.5 Å². The molecule has 0 bridgehead atoms. The van der Waals surface area contributed by atoms with E-state index in [1.54, 1.807) is 11.0 Å². The molecule has 1 saturated heterocycles. The standard InChI is InChI=1S/C16H21ClN2O3/c1-11-6-7-12(16(18)21)8-19(11)15(20)10-22-9-13-4-2-3-5-14(13)17/h2-5,11-12H,6-10H2,1H3,(H2,18,21)/t11-,12+/m0/s1. The van der Waals surface area contributed by atoms with Crippen LogP contribution < -0.4 is 5.73 Å². The van der Waals surface area contributed by atoms with E-state index in [1.165, 1.54) is 0 Å². The highest BCUT2D eigenvalue weighted by Crippen LogP contribution is 2.22. The smallest absolute Gasteiger partial charge is 0.248 e. The molecule has 1 aromatic carbocycles. The van der Waals surface area contributed by atoms with Crippen molar-refractivity contribution in [3.05, 3.63) is 34.9 Å². The number of carbonyl (C=O) groups is 2. The number of likely N-dealkylation sites (tertiary alicyclic amines) is 1. The van der Waals surface area contributed by atoms with Crippen molar-refractivity contribution in [3.63, 3.8) is 0 Å².